The molecule has 1 aromatic rings. The van der Waals surface area contributed by atoms with E-state index in [1.165, 1.54) is 0 Å². The second-order valence-corrected chi connectivity index (χ2v) is 6.57. The van der Waals surface area contributed by atoms with Gasteiger partial charge in [-0.25, -0.2) is 0 Å². The summed E-state index contributed by atoms with van der Waals surface area (Å²) in [6.45, 7) is 10.3. The van der Waals surface area contributed by atoms with Crippen molar-refractivity contribution in [1.29, 1.82) is 0 Å². The van der Waals surface area contributed by atoms with Crippen LogP contribution in [0.1, 0.15) is 42.9 Å². The van der Waals surface area contributed by atoms with Crippen LogP contribution in [0.4, 0.5) is 0 Å². The molecule has 0 aliphatic carbocycles. The lowest BCUT2D eigenvalue weighted by Gasteiger charge is -2.23. The number of aromatic nitrogens is 1. The van der Waals surface area contributed by atoms with Crippen LogP contribution in [0.5, 0.6) is 0 Å². The first kappa shape index (κ1) is 14.5. The molecule has 2 aliphatic rings. The van der Waals surface area contributed by atoms with Crippen LogP contribution in [-0.4, -0.2) is 54.2 Å². The number of rotatable bonds is 4. The van der Waals surface area contributed by atoms with Gasteiger partial charge in [0.1, 0.15) is 5.76 Å². The van der Waals surface area contributed by atoms with Crippen LogP contribution < -0.4 is 10.6 Å². The number of nitrogens with zero attached hydrogens (tertiary/aromatic N) is 2. The summed E-state index contributed by atoms with van der Waals surface area (Å²) < 4.78 is 5.28. The fraction of sp³-hybridized carbons (Fsp3) is 0.733. The number of carbonyl (C=O) groups is 1. The molecule has 2 N–H and O–H groups in total. The summed E-state index contributed by atoms with van der Waals surface area (Å²) in [7, 11) is 0. The molecule has 0 spiro atoms. The van der Waals surface area contributed by atoms with Gasteiger partial charge in [0.15, 0.2) is 5.69 Å². The number of amides is 1. The van der Waals surface area contributed by atoms with Crippen molar-refractivity contribution in [3.63, 3.8) is 0 Å². The lowest BCUT2D eigenvalue weighted by molar-refractivity contribution is 0.0921. The zero-order valence-corrected chi connectivity index (χ0v) is 12.9. The summed E-state index contributed by atoms with van der Waals surface area (Å²) >= 11 is 0. The normalized spacial score (nSPS) is 27.0. The SMILES string of the molecule is CC(C)N1C[C@@H](C)[C@@H](NC(=O)c2cc(C3CNC3)on2)C1. The molecule has 0 aromatic carbocycles. The molecule has 1 aromatic heterocycles. The van der Waals surface area contributed by atoms with Gasteiger partial charge in [0.25, 0.3) is 5.91 Å². The van der Waals surface area contributed by atoms with E-state index in [2.05, 4.69) is 41.5 Å². The second-order valence-electron chi connectivity index (χ2n) is 6.57. The Morgan fingerprint density at radius 3 is 2.81 bits per heavy atom. The van der Waals surface area contributed by atoms with E-state index in [0.29, 0.717) is 23.6 Å². The molecule has 0 unspecified atom stereocenters. The highest BCUT2D eigenvalue weighted by Gasteiger charge is 2.33. The van der Waals surface area contributed by atoms with Crippen molar-refractivity contribution in [2.24, 2.45) is 5.92 Å². The molecule has 2 fully saturated rings. The molecular weight excluding hydrogens is 268 g/mol. The van der Waals surface area contributed by atoms with Gasteiger partial charge in [-0.15, -0.1) is 0 Å². The standard InChI is InChI=1S/C15H24N4O2/c1-9(2)19-7-10(3)13(8-19)17-15(20)12-4-14(21-18-12)11-5-16-6-11/h4,9-11,13,16H,5-8H2,1-3H3,(H,17,20)/t10-,13+/m1/s1. The van der Waals surface area contributed by atoms with Crippen LogP contribution in [-0.2, 0) is 0 Å². The van der Waals surface area contributed by atoms with Crippen molar-refractivity contribution in [3.8, 4) is 0 Å². The Hall–Kier alpha value is -1.40. The maximum atomic E-state index is 12.3. The lowest BCUT2D eigenvalue weighted by atomic mass is 10.0. The van der Waals surface area contributed by atoms with Crippen LogP contribution in [0.3, 0.4) is 0 Å². The minimum absolute atomic E-state index is 0.125. The van der Waals surface area contributed by atoms with Crippen LogP contribution in [0.25, 0.3) is 0 Å². The summed E-state index contributed by atoms with van der Waals surface area (Å²) in [5.74, 6) is 1.50. The van der Waals surface area contributed by atoms with Gasteiger partial charge in [0.05, 0.1) is 0 Å². The van der Waals surface area contributed by atoms with Crippen LogP contribution in [0.2, 0.25) is 0 Å². The minimum Gasteiger partial charge on any atom is -0.360 e. The maximum Gasteiger partial charge on any atom is 0.273 e. The molecule has 0 bridgehead atoms. The molecule has 21 heavy (non-hydrogen) atoms. The van der Waals surface area contributed by atoms with E-state index >= 15 is 0 Å². The van der Waals surface area contributed by atoms with Crippen LogP contribution in [0.15, 0.2) is 10.6 Å². The number of likely N-dealkylation sites (tertiary alicyclic amines) is 1. The van der Waals surface area contributed by atoms with E-state index in [4.69, 9.17) is 4.52 Å². The summed E-state index contributed by atoms with van der Waals surface area (Å²) in [4.78, 5) is 14.7. The number of hydrogen-bond donors (Lipinski definition) is 2. The zero-order valence-electron chi connectivity index (χ0n) is 12.9. The van der Waals surface area contributed by atoms with E-state index in [0.717, 1.165) is 31.9 Å². The fourth-order valence-corrected chi connectivity index (χ4v) is 2.93. The molecule has 2 aliphatic heterocycles. The van der Waals surface area contributed by atoms with Gasteiger partial charge >= 0.3 is 0 Å². The monoisotopic (exact) mass is 292 g/mol. The molecule has 2 atom stereocenters. The summed E-state index contributed by atoms with van der Waals surface area (Å²) in [6.07, 6.45) is 0. The number of hydrogen-bond acceptors (Lipinski definition) is 5. The third kappa shape index (κ3) is 2.96. The Morgan fingerprint density at radius 2 is 2.24 bits per heavy atom. The molecule has 0 radical (unpaired) electrons. The molecule has 3 heterocycles. The van der Waals surface area contributed by atoms with E-state index in [-0.39, 0.29) is 11.9 Å². The number of nitrogens with one attached hydrogen (secondary N) is 2. The van der Waals surface area contributed by atoms with E-state index < -0.39 is 0 Å². The summed E-state index contributed by atoms with van der Waals surface area (Å²) in [5.41, 5.74) is 0.395. The molecule has 116 valence electrons. The molecular formula is C15H24N4O2. The predicted octanol–water partition coefficient (Wildman–Crippen LogP) is 0.820. The Bertz CT molecular complexity index is 510. The van der Waals surface area contributed by atoms with Crippen molar-refractivity contribution < 1.29 is 9.32 Å². The number of carbonyl (C=O) groups excluding carboxylic acids is 1. The average Bonchev–Trinajstić information content (AvgIpc) is 2.95. The summed E-state index contributed by atoms with van der Waals surface area (Å²) in [6, 6.07) is 2.48. The average molecular weight is 292 g/mol. The topological polar surface area (TPSA) is 70.4 Å². The van der Waals surface area contributed by atoms with E-state index in [1.807, 2.05) is 0 Å². The van der Waals surface area contributed by atoms with Crippen molar-refractivity contribution in [2.45, 2.75) is 38.8 Å². The Kier molecular flexibility index (Phi) is 3.99. The Labute approximate surface area is 125 Å². The lowest BCUT2D eigenvalue weighted by Crippen LogP contribution is -2.40. The smallest absolute Gasteiger partial charge is 0.273 e. The fourth-order valence-electron chi connectivity index (χ4n) is 2.93. The zero-order chi connectivity index (χ0) is 15.0. The van der Waals surface area contributed by atoms with Gasteiger partial charge in [-0.3, -0.25) is 9.69 Å². The van der Waals surface area contributed by atoms with Crippen molar-refractivity contribution in [2.75, 3.05) is 26.2 Å². The maximum absolute atomic E-state index is 12.3. The molecule has 6 nitrogen and oxygen atoms in total. The molecule has 1 amide bonds. The first-order valence-corrected chi connectivity index (χ1v) is 7.77. The van der Waals surface area contributed by atoms with Crippen LogP contribution in [0, 0.1) is 5.92 Å². The summed E-state index contributed by atoms with van der Waals surface area (Å²) in [5, 5.41) is 10.2. The van der Waals surface area contributed by atoms with Crippen molar-refractivity contribution >= 4 is 5.91 Å². The molecule has 2 saturated heterocycles. The van der Waals surface area contributed by atoms with Crippen LogP contribution >= 0.6 is 0 Å². The third-order valence-electron chi connectivity index (χ3n) is 4.63. The van der Waals surface area contributed by atoms with Gasteiger partial charge in [0.2, 0.25) is 0 Å². The third-order valence-corrected chi connectivity index (χ3v) is 4.63. The van der Waals surface area contributed by atoms with Gasteiger partial charge in [-0.2, -0.15) is 0 Å². The van der Waals surface area contributed by atoms with E-state index in [1.54, 1.807) is 6.07 Å². The Balaban J connectivity index is 1.59. The highest BCUT2D eigenvalue weighted by Crippen LogP contribution is 2.22. The van der Waals surface area contributed by atoms with Gasteiger partial charge in [-0.1, -0.05) is 12.1 Å². The first-order chi connectivity index (χ1) is 10.0. The largest absolute Gasteiger partial charge is 0.360 e. The van der Waals surface area contributed by atoms with Crippen molar-refractivity contribution in [3.05, 3.63) is 17.5 Å². The first-order valence-electron chi connectivity index (χ1n) is 7.77. The molecule has 0 saturated carbocycles. The minimum atomic E-state index is -0.125. The molecule has 6 heteroatoms. The predicted molar refractivity (Wildman–Crippen MR) is 79.2 cm³/mol. The highest BCUT2D eigenvalue weighted by atomic mass is 16.5. The highest BCUT2D eigenvalue weighted by molar-refractivity contribution is 5.92. The second kappa shape index (κ2) is 5.77. The van der Waals surface area contributed by atoms with E-state index in [9.17, 15) is 4.79 Å². The Morgan fingerprint density at radius 1 is 1.48 bits per heavy atom. The van der Waals surface area contributed by atoms with Gasteiger partial charge in [-0.05, 0) is 19.8 Å². The quantitative estimate of drug-likeness (QED) is 0.860. The molecule has 3 rings (SSSR count). The van der Waals surface area contributed by atoms with Gasteiger partial charge < -0.3 is 15.2 Å². The van der Waals surface area contributed by atoms with Gasteiger partial charge in [0, 0.05) is 50.2 Å². The van der Waals surface area contributed by atoms with Crippen molar-refractivity contribution in [1.82, 2.24) is 20.7 Å².